The van der Waals surface area contributed by atoms with E-state index in [1.807, 2.05) is 0 Å². The van der Waals surface area contributed by atoms with Crippen molar-refractivity contribution in [2.24, 2.45) is 11.3 Å². The average molecular weight is 295 g/mol. The normalized spacial score (nSPS) is 28.2. The monoisotopic (exact) mass is 295 g/mol. The first-order valence-electron chi connectivity index (χ1n) is 6.90. The van der Waals surface area contributed by atoms with Crippen LogP contribution in [0.4, 0.5) is 13.2 Å². The largest absolute Gasteiger partial charge is 0.468 e. The van der Waals surface area contributed by atoms with Crippen LogP contribution in [0.1, 0.15) is 46.5 Å². The van der Waals surface area contributed by atoms with Crippen LogP contribution in [0.15, 0.2) is 0 Å². The Hall–Kier alpha value is -0.780. The summed E-state index contributed by atoms with van der Waals surface area (Å²) in [4.78, 5) is 11.9. The Morgan fingerprint density at radius 2 is 1.75 bits per heavy atom. The van der Waals surface area contributed by atoms with Gasteiger partial charge < -0.3 is 4.74 Å². The predicted octanol–water partition coefficient (Wildman–Crippen LogP) is 3.29. The van der Waals surface area contributed by atoms with Gasteiger partial charge in [-0.15, -0.1) is 0 Å². The van der Waals surface area contributed by atoms with Crippen molar-refractivity contribution in [3.05, 3.63) is 0 Å². The lowest BCUT2D eigenvalue weighted by atomic mass is 9.67. The highest BCUT2D eigenvalue weighted by Crippen LogP contribution is 2.42. The van der Waals surface area contributed by atoms with E-state index in [1.54, 1.807) is 0 Å². The molecule has 0 radical (unpaired) electrons. The van der Waals surface area contributed by atoms with Crippen LogP contribution in [-0.4, -0.2) is 31.3 Å². The van der Waals surface area contributed by atoms with E-state index in [1.165, 1.54) is 7.11 Å². The summed E-state index contributed by atoms with van der Waals surface area (Å²) in [6.07, 6.45) is -2.11. The molecule has 1 aliphatic carbocycles. The number of halogens is 3. The maximum atomic E-state index is 12.4. The van der Waals surface area contributed by atoms with Crippen LogP contribution in [0.2, 0.25) is 0 Å². The Morgan fingerprint density at radius 3 is 2.10 bits per heavy atom. The van der Waals surface area contributed by atoms with Crippen LogP contribution >= 0.6 is 0 Å². The van der Waals surface area contributed by atoms with E-state index in [0.717, 1.165) is 12.8 Å². The van der Waals surface area contributed by atoms with Gasteiger partial charge in [-0.05, 0) is 37.0 Å². The van der Waals surface area contributed by atoms with Crippen molar-refractivity contribution in [3.8, 4) is 0 Å². The van der Waals surface area contributed by atoms with Gasteiger partial charge >= 0.3 is 12.1 Å². The summed E-state index contributed by atoms with van der Waals surface area (Å²) in [6, 6.07) is 0. The molecule has 0 amide bonds. The van der Waals surface area contributed by atoms with Crippen LogP contribution < -0.4 is 5.32 Å². The zero-order valence-electron chi connectivity index (χ0n) is 12.6. The molecule has 0 heterocycles. The van der Waals surface area contributed by atoms with Crippen molar-refractivity contribution in [1.29, 1.82) is 0 Å². The van der Waals surface area contributed by atoms with Gasteiger partial charge in [-0.2, -0.15) is 13.2 Å². The number of methoxy groups -OCH3 is 1. The van der Waals surface area contributed by atoms with E-state index >= 15 is 0 Å². The summed E-state index contributed by atoms with van der Waals surface area (Å²) in [5.74, 6) is -0.179. The second-order valence-electron chi connectivity index (χ2n) is 6.68. The van der Waals surface area contributed by atoms with E-state index < -0.39 is 24.2 Å². The van der Waals surface area contributed by atoms with Crippen molar-refractivity contribution in [2.75, 3.05) is 13.7 Å². The molecule has 20 heavy (non-hydrogen) atoms. The standard InChI is InChI=1S/C14H24F3NO2/c1-12(2,3)10-5-7-13(8-6-10,11(19)20-4)18-9-14(15,16)17/h10,18H,5-9H2,1-4H3. The van der Waals surface area contributed by atoms with E-state index in [0.29, 0.717) is 18.8 Å². The number of nitrogens with one attached hydrogen (secondary N) is 1. The van der Waals surface area contributed by atoms with Crippen LogP contribution in [0.25, 0.3) is 0 Å². The quantitative estimate of drug-likeness (QED) is 0.812. The summed E-state index contributed by atoms with van der Waals surface area (Å²) in [7, 11) is 1.22. The van der Waals surface area contributed by atoms with Crippen LogP contribution in [0, 0.1) is 11.3 Å². The maximum absolute atomic E-state index is 12.4. The average Bonchev–Trinajstić information content (AvgIpc) is 2.34. The molecular weight excluding hydrogens is 271 g/mol. The van der Waals surface area contributed by atoms with Crippen LogP contribution in [0.3, 0.4) is 0 Å². The van der Waals surface area contributed by atoms with Crippen LogP contribution in [-0.2, 0) is 9.53 Å². The molecule has 0 aromatic heterocycles. The van der Waals surface area contributed by atoms with Gasteiger partial charge in [0.2, 0.25) is 0 Å². The number of hydrogen-bond acceptors (Lipinski definition) is 3. The first-order valence-corrected chi connectivity index (χ1v) is 6.90. The van der Waals surface area contributed by atoms with E-state index in [9.17, 15) is 18.0 Å². The molecule has 1 saturated carbocycles. The summed E-state index contributed by atoms with van der Waals surface area (Å²) < 4.78 is 41.9. The van der Waals surface area contributed by atoms with Gasteiger partial charge in [0.25, 0.3) is 0 Å². The lowest BCUT2D eigenvalue weighted by molar-refractivity contribution is -0.156. The zero-order valence-corrected chi connectivity index (χ0v) is 12.6. The molecule has 1 N–H and O–H groups in total. The molecule has 6 heteroatoms. The summed E-state index contributed by atoms with van der Waals surface area (Å²) >= 11 is 0. The topological polar surface area (TPSA) is 38.3 Å². The van der Waals surface area contributed by atoms with Crippen molar-refractivity contribution in [3.63, 3.8) is 0 Å². The van der Waals surface area contributed by atoms with Crippen molar-refractivity contribution < 1.29 is 22.7 Å². The minimum atomic E-state index is -4.33. The fourth-order valence-corrected chi connectivity index (χ4v) is 2.89. The minimum Gasteiger partial charge on any atom is -0.468 e. The highest BCUT2D eigenvalue weighted by Gasteiger charge is 2.46. The Bertz CT molecular complexity index is 339. The molecule has 3 nitrogen and oxygen atoms in total. The third kappa shape index (κ3) is 4.36. The Balaban J connectivity index is 2.76. The van der Waals surface area contributed by atoms with E-state index in [2.05, 4.69) is 26.1 Å². The molecule has 1 fully saturated rings. The highest BCUT2D eigenvalue weighted by atomic mass is 19.4. The van der Waals surface area contributed by atoms with Gasteiger partial charge in [-0.3, -0.25) is 10.1 Å². The van der Waals surface area contributed by atoms with Gasteiger partial charge in [-0.25, -0.2) is 0 Å². The molecule has 0 saturated heterocycles. The van der Waals surface area contributed by atoms with Gasteiger partial charge in [0, 0.05) is 0 Å². The summed E-state index contributed by atoms with van der Waals surface area (Å²) in [5, 5.41) is 2.40. The van der Waals surface area contributed by atoms with E-state index in [-0.39, 0.29) is 5.41 Å². The predicted molar refractivity (Wildman–Crippen MR) is 70.2 cm³/mol. The Kier molecular flexibility index (Phi) is 5.11. The second kappa shape index (κ2) is 5.92. The molecule has 0 aromatic carbocycles. The van der Waals surface area contributed by atoms with E-state index in [4.69, 9.17) is 4.74 Å². The molecule has 0 aromatic rings. The smallest absolute Gasteiger partial charge is 0.401 e. The number of rotatable bonds is 3. The number of alkyl halides is 3. The summed E-state index contributed by atoms with van der Waals surface area (Å²) in [6.45, 7) is 5.19. The van der Waals surface area contributed by atoms with Gasteiger partial charge in [0.05, 0.1) is 13.7 Å². The minimum absolute atomic E-state index is 0.103. The number of ether oxygens (including phenoxy) is 1. The number of hydrogen-bond donors (Lipinski definition) is 1. The lowest BCUT2D eigenvalue weighted by Gasteiger charge is -2.42. The second-order valence-corrected chi connectivity index (χ2v) is 6.68. The fraction of sp³-hybridized carbons (Fsp3) is 0.929. The van der Waals surface area contributed by atoms with Crippen LogP contribution in [0.5, 0.6) is 0 Å². The molecule has 1 rings (SSSR count). The van der Waals surface area contributed by atoms with Gasteiger partial charge in [0.1, 0.15) is 5.54 Å². The molecule has 0 unspecified atom stereocenters. The van der Waals surface area contributed by atoms with Gasteiger partial charge in [0.15, 0.2) is 0 Å². The fourth-order valence-electron chi connectivity index (χ4n) is 2.89. The maximum Gasteiger partial charge on any atom is 0.401 e. The molecular formula is C14H24F3NO2. The zero-order chi connectivity index (χ0) is 15.6. The van der Waals surface area contributed by atoms with Gasteiger partial charge in [-0.1, -0.05) is 20.8 Å². The molecule has 1 aliphatic rings. The van der Waals surface area contributed by atoms with Crippen molar-refractivity contribution in [2.45, 2.75) is 58.2 Å². The number of carbonyl (C=O) groups is 1. The first-order chi connectivity index (χ1) is 9.00. The first kappa shape index (κ1) is 17.3. The highest BCUT2D eigenvalue weighted by molar-refractivity contribution is 5.80. The Morgan fingerprint density at radius 1 is 1.25 bits per heavy atom. The summed E-state index contributed by atoms with van der Waals surface area (Å²) in [5.41, 5.74) is -1.08. The Labute approximate surface area is 118 Å². The molecule has 0 bridgehead atoms. The lowest BCUT2D eigenvalue weighted by Crippen LogP contribution is -2.57. The molecule has 118 valence electrons. The molecule has 0 aliphatic heterocycles. The third-order valence-corrected chi connectivity index (χ3v) is 4.27. The number of carbonyl (C=O) groups excluding carboxylic acids is 1. The van der Waals surface area contributed by atoms with Crippen molar-refractivity contribution in [1.82, 2.24) is 5.32 Å². The number of esters is 1. The van der Waals surface area contributed by atoms with Crippen molar-refractivity contribution >= 4 is 5.97 Å². The SMILES string of the molecule is COC(=O)C1(NCC(F)(F)F)CCC(C(C)(C)C)CC1. The molecule has 0 atom stereocenters. The molecule has 0 spiro atoms. The third-order valence-electron chi connectivity index (χ3n) is 4.27.